The van der Waals surface area contributed by atoms with E-state index in [4.69, 9.17) is 11.1 Å². The van der Waals surface area contributed by atoms with Crippen molar-refractivity contribution in [2.75, 3.05) is 6.54 Å². The van der Waals surface area contributed by atoms with E-state index in [2.05, 4.69) is 5.73 Å². The molecule has 0 aromatic carbocycles. The Morgan fingerprint density at radius 2 is 1.67 bits per heavy atom. The van der Waals surface area contributed by atoms with Gasteiger partial charge in [0.2, 0.25) is 0 Å². The number of hydrogen-bond donors (Lipinski definition) is 1. The fourth-order valence-electron chi connectivity index (χ4n) is 0. The lowest BCUT2D eigenvalue weighted by molar-refractivity contribution is -0.361. The van der Waals surface area contributed by atoms with Crippen LogP contribution < -0.4 is 5.73 Å². The number of quaternary nitrogens is 1. The third-order valence-electron chi connectivity index (χ3n) is 0. The van der Waals surface area contributed by atoms with Gasteiger partial charge in [0.15, 0.2) is 0 Å². The minimum absolute atomic E-state index is 1.00. The van der Waals surface area contributed by atoms with Crippen molar-refractivity contribution < 1.29 is 5.73 Å². The lowest BCUT2D eigenvalue weighted by Crippen LogP contribution is -2.48. The highest BCUT2D eigenvalue weighted by atomic mass is 15.0. The van der Waals surface area contributed by atoms with Gasteiger partial charge in [-0.2, -0.15) is 0 Å². The van der Waals surface area contributed by atoms with Crippen LogP contribution in [0.25, 0.3) is 16.0 Å². The van der Waals surface area contributed by atoms with Crippen LogP contribution in [0.5, 0.6) is 0 Å². The topological polar surface area (TPSA) is 86.3 Å². The van der Waals surface area contributed by atoms with Crippen LogP contribution in [-0.2, 0) is 0 Å². The molecule has 0 fully saturated rings. The molecule has 0 bridgehead atoms. The van der Waals surface area contributed by atoms with Crippen LogP contribution in [-0.4, -0.2) is 6.54 Å². The van der Waals surface area contributed by atoms with Crippen molar-refractivity contribution in [3.8, 4) is 0 Å². The third-order valence-corrected chi connectivity index (χ3v) is 0. The quantitative estimate of drug-likeness (QED) is 0.247. The van der Waals surface area contributed by atoms with Gasteiger partial charge >= 0.3 is 0 Å². The molecule has 36 valence electrons. The first-order chi connectivity index (χ1) is 2.83. The van der Waals surface area contributed by atoms with Gasteiger partial charge in [-0.1, -0.05) is 0 Å². The zero-order valence-corrected chi connectivity index (χ0v) is 3.76. The summed E-state index contributed by atoms with van der Waals surface area (Å²) in [5.41, 5.74) is 17.0. The Morgan fingerprint density at radius 3 is 1.67 bits per heavy atom. The molecule has 0 saturated heterocycles. The Morgan fingerprint density at radius 1 is 1.67 bits per heavy atom. The molecule has 3 N–H and O–H groups in total. The van der Waals surface area contributed by atoms with Gasteiger partial charge in [0.05, 0.1) is 6.54 Å². The Labute approximate surface area is 36.4 Å². The van der Waals surface area contributed by atoms with E-state index in [-0.39, 0.29) is 0 Å². The van der Waals surface area contributed by atoms with E-state index in [1.165, 1.54) is 4.91 Å². The molecule has 0 aliphatic rings. The second kappa shape index (κ2) is 28.3. The molecular weight excluding hydrogens is 80.0 g/mol. The smallest absolute Gasteiger partial charge is 0.0711 e. The summed E-state index contributed by atoms with van der Waals surface area (Å²) < 4.78 is 0. The molecule has 0 radical (unpaired) electrons. The average molecular weight is 88.1 g/mol. The minimum Gasteiger partial charge on any atom is -0.373 e. The van der Waals surface area contributed by atoms with Crippen molar-refractivity contribution in [1.82, 2.24) is 0 Å². The first-order valence-corrected chi connectivity index (χ1v) is 1.61. The summed E-state index contributed by atoms with van der Waals surface area (Å²) >= 11 is 0. The fourth-order valence-corrected chi connectivity index (χ4v) is 0. The van der Waals surface area contributed by atoms with Crippen molar-refractivity contribution in [2.24, 2.45) is 0 Å². The lowest BCUT2D eigenvalue weighted by atomic mass is 10.8. The molecule has 0 aliphatic heterocycles. The summed E-state index contributed by atoms with van der Waals surface area (Å²) in [6.45, 7) is 3.01. The highest BCUT2D eigenvalue weighted by molar-refractivity contribution is 4.36. The standard InChI is InChI=1S/C2H7N.N3/c1-2-3;1-3-2/h2-3H2,1H3;/q;-1/p+1. The van der Waals surface area contributed by atoms with Crippen molar-refractivity contribution in [3.63, 3.8) is 0 Å². The Bertz CT molecular complexity index is 34.8. The second-order valence-electron chi connectivity index (χ2n) is 0.589. The molecule has 4 heteroatoms. The largest absolute Gasteiger partial charge is 0.373 e. The van der Waals surface area contributed by atoms with Crippen molar-refractivity contribution >= 4 is 0 Å². The summed E-state index contributed by atoms with van der Waals surface area (Å²) in [7, 11) is 0. The number of hydrogen-bond acceptors (Lipinski definition) is 0. The van der Waals surface area contributed by atoms with Crippen LogP contribution in [0.15, 0.2) is 0 Å². The van der Waals surface area contributed by atoms with Crippen LogP contribution in [0.2, 0.25) is 0 Å². The Hall–Kier alpha value is -0.730. The monoisotopic (exact) mass is 88.1 g/mol. The van der Waals surface area contributed by atoms with Gasteiger partial charge in [-0.3, -0.25) is 4.91 Å². The maximum Gasteiger partial charge on any atom is 0.0711 e. The van der Waals surface area contributed by atoms with Crippen molar-refractivity contribution in [2.45, 2.75) is 6.92 Å². The van der Waals surface area contributed by atoms with Crippen LogP contribution >= 0.6 is 0 Å². The minimum atomic E-state index is 1.00. The SMILES string of the molecule is CC[NH3+].[N-]=[N+]=[N-]. The molecule has 0 amide bonds. The highest BCUT2D eigenvalue weighted by Gasteiger charge is 1.37. The van der Waals surface area contributed by atoms with E-state index >= 15 is 0 Å². The van der Waals surface area contributed by atoms with E-state index in [0.29, 0.717) is 0 Å². The van der Waals surface area contributed by atoms with Gasteiger partial charge in [-0.15, -0.1) is 0 Å². The van der Waals surface area contributed by atoms with Crippen LogP contribution in [0.4, 0.5) is 0 Å². The third kappa shape index (κ3) is 31.6. The molecule has 0 rings (SSSR count). The summed E-state index contributed by atoms with van der Waals surface area (Å²) in [5, 5.41) is 0. The van der Waals surface area contributed by atoms with Gasteiger partial charge in [0.1, 0.15) is 0 Å². The van der Waals surface area contributed by atoms with Gasteiger partial charge in [-0.05, 0) is 6.92 Å². The Balaban J connectivity index is 0. The van der Waals surface area contributed by atoms with E-state index < -0.39 is 0 Å². The molecule has 0 aromatic rings. The van der Waals surface area contributed by atoms with Crippen LogP contribution in [0, 0.1) is 0 Å². The van der Waals surface area contributed by atoms with E-state index in [1.807, 2.05) is 6.92 Å². The summed E-state index contributed by atoms with van der Waals surface area (Å²) in [5.74, 6) is 0. The van der Waals surface area contributed by atoms with Crippen LogP contribution in [0.1, 0.15) is 6.92 Å². The molecule has 4 nitrogen and oxygen atoms in total. The lowest BCUT2D eigenvalue weighted by Gasteiger charge is -1.49. The van der Waals surface area contributed by atoms with E-state index in [1.54, 1.807) is 0 Å². The number of nitrogens with zero attached hydrogens (tertiary/aromatic N) is 3. The molecular formula is C2H8N4. The molecule has 0 unspecified atom stereocenters. The molecule has 0 atom stereocenters. The predicted molar refractivity (Wildman–Crippen MR) is 23.5 cm³/mol. The molecule has 0 spiro atoms. The maximum atomic E-state index is 6.75. The Kier molecular flexibility index (Phi) is 42.4. The summed E-state index contributed by atoms with van der Waals surface area (Å²) in [4.78, 5) is 1.50. The maximum absolute atomic E-state index is 6.75. The van der Waals surface area contributed by atoms with E-state index in [0.717, 1.165) is 6.54 Å². The van der Waals surface area contributed by atoms with E-state index in [9.17, 15) is 0 Å². The fraction of sp³-hybridized carbons (Fsp3) is 1.00. The summed E-state index contributed by atoms with van der Waals surface area (Å²) in [6.07, 6.45) is 0. The molecule has 0 aliphatic carbocycles. The second-order valence-corrected chi connectivity index (χ2v) is 0.589. The average Bonchev–Trinajstić information content (AvgIpc) is 1.39. The highest BCUT2D eigenvalue weighted by Crippen LogP contribution is 1.29. The molecule has 0 saturated carbocycles. The van der Waals surface area contributed by atoms with Gasteiger partial charge in [0, 0.05) is 0 Å². The van der Waals surface area contributed by atoms with Crippen LogP contribution in [0.3, 0.4) is 0 Å². The first kappa shape index (κ1) is 8.99. The van der Waals surface area contributed by atoms with Gasteiger partial charge in [-0.25, -0.2) is 0 Å². The first-order valence-electron chi connectivity index (χ1n) is 1.61. The molecule has 6 heavy (non-hydrogen) atoms. The normalized spacial score (nSPS) is 4.33. The van der Waals surface area contributed by atoms with Crippen molar-refractivity contribution in [1.29, 1.82) is 0 Å². The molecule has 0 aromatic heterocycles. The molecule has 0 heterocycles. The summed E-state index contributed by atoms with van der Waals surface area (Å²) in [6, 6.07) is 0. The zero-order chi connectivity index (χ0) is 5.41. The number of rotatable bonds is 0. The van der Waals surface area contributed by atoms with Crippen molar-refractivity contribution in [3.05, 3.63) is 16.0 Å². The predicted octanol–water partition coefficient (Wildman–Crippen LogP) is 0.114. The zero-order valence-electron chi connectivity index (χ0n) is 3.76. The van der Waals surface area contributed by atoms with Gasteiger partial charge in [0.25, 0.3) is 0 Å². The van der Waals surface area contributed by atoms with Gasteiger partial charge < -0.3 is 16.8 Å².